The maximum absolute atomic E-state index is 12.1. The molecule has 1 aliphatic rings. The van der Waals surface area contributed by atoms with E-state index in [9.17, 15) is 9.90 Å². The molecule has 124 valence electrons. The second-order valence-electron chi connectivity index (χ2n) is 7.32. The Morgan fingerprint density at radius 2 is 2.10 bits per heavy atom. The van der Waals surface area contributed by atoms with Gasteiger partial charge in [0.05, 0.1) is 6.10 Å². The van der Waals surface area contributed by atoms with E-state index in [1.54, 1.807) is 4.90 Å². The summed E-state index contributed by atoms with van der Waals surface area (Å²) in [5, 5.41) is 13.2. The Hall–Kier alpha value is -0.810. The van der Waals surface area contributed by atoms with Crippen molar-refractivity contribution in [2.75, 3.05) is 19.6 Å². The number of carbonyl (C=O) groups is 1. The van der Waals surface area contributed by atoms with E-state index in [0.29, 0.717) is 12.6 Å². The Kier molecular flexibility index (Phi) is 6.94. The second-order valence-corrected chi connectivity index (χ2v) is 7.32. The van der Waals surface area contributed by atoms with Crippen LogP contribution in [0.15, 0.2) is 0 Å². The van der Waals surface area contributed by atoms with Gasteiger partial charge in [-0.1, -0.05) is 13.8 Å². The first kappa shape index (κ1) is 18.2. The highest BCUT2D eigenvalue weighted by Crippen LogP contribution is 2.15. The third-order valence-electron chi connectivity index (χ3n) is 3.72. The van der Waals surface area contributed by atoms with Crippen LogP contribution in [0.25, 0.3) is 0 Å². The smallest absolute Gasteiger partial charge is 0.410 e. The summed E-state index contributed by atoms with van der Waals surface area (Å²) >= 11 is 0. The second kappa shape index (κ2) is 7.99. The molecule has 1 aliphatic heterocycles. The van der Waals surface area contributed by atoms with Crippen molar-refractivity contribution in [2.24, 2.45) is 5.92 Å². The van der Waals surface area contributed by atoms with Crippen molar-refractivity contribution in [1.29, 1.82) is 0 Å². The minimum atomic E-state index is -0.446. The maximum atomic E-state index is 12.1. The summed E-state index contributed by atoms with van der Waals surface area (Å²) in [4.78, 5) is 13.8. The number of carbonyl (C=O) groups excluding carboxylic acids is 1. The first-order valence-electron chi connectivity index (χ1n) is 8.08. The summed E-state index contributed by atoms with van der Waals surface area (Å²) in [6.07, 6.45) is 2.32. The van der Waals surface area contributed by atoms with Crippen molar-refractivity contribution in [3.05, 3.63) is 0 Å². The van der Waals surface area contributed by atoms with Crippen molar-refractivity contribution < 1.29 is 14.6 Å². The quantitative estimate of drug-likeness (QED) is 0.818. The number of nitrogens with one attached hydrogen (secondary N) is 1. The van der Waals surface area contributed by atoms with Crippen molar-refractivity contribution in [3.63, 3.8) is 0 Å². The first-order chi connectivity index (χ1) is 9.69. The monoisotopic (exact) mass is 300 g/mol. The number of amides is 1. The van der Waals surface area contributed by atoms with Gasteiger partial charge < -0.3 is 20.1 Å². The van der Waals surface area contributed by atoms with Crippen LogP contribution in [-0.4, -0.2) is 53.5 Å². The largest absolute Gasteiger partial charge is 0.444 e. The lowest BCUT2D eigenvalue weighted by atomic mass is 10.0. The van der Waals surface area contributed by atoms with Crippen molar-refractivity contribution in [3.8, 4) is 0 Å². The molecular weight excluding hydrogens is 268 g/mol. The van der Waals surface area contributed by atoms with Crippen LogP contribution in [0.3, 0.4) is 0 Å². The SMILES string of the molecule is CC(C)C(O)CCNC1CCCN(C(=O)OC(C)(C)C)C1. The highest BCUT2D eigenvalue weighted by atomic mass is 16.6. The van der Waals surface area contributed by atoms with Gasteiger partial charge in [0.25, 0.3) is 0 Å². The molecule has 0 aromatic rings. The van der Waals surface area contributed by atoms with Crippen molar-refractivity contribution in [2.45, 2.75) is 71.6 Å². The van der Waals surface area contributed by atoms with E-state index in [-0.39, 0.29) is 18.1 Å². The molecule has 2 atom stereocenters. The highest BCUT2D eigenvalue weighted by Gasteiger charge is 2.27. The van der Waals surface area contributed by atoms with E-state index in [1.807, 2.05) is 34.6 Å². The molecule has 2 N–H and O–H groups in total. The summed E-state index contributed by atoms with van der Waals surface area (Å²) in [5.41, 5.74) is -0.446. The molecule has 0 saturated carbocycles. The normalized spacial score (nSPS) is 21.5. The Morgan fingerprint density at radius 1 is 1.43 bits per heavy atom. The summed E-state index contributed by atoms with van der Waals surface area (Å²) in [7, 11) is 0. The molecule has 0 aliphatic carbocycles. The molecule has 1 heterocycles. The Labute approximate surface area is 129 Å². The number of piperidine rings is 1. The van der Waals surface area contributed by atoms with Gasteiger partial charge in [0, 0.05) is 19.1 Å². The lowest BCUT2D eigenvalue weighted by Gasteiger charge is -2.34. The van der Waals surface area contributed by atoms with E-state index in [2.05, 4.69) is 5.32 Å². The standard InChI is InChI=1S/C16H32N2O3/c1-12(2)14(19)8-9-17-13-7-6-10-18(11-13)15(20)21-16(3,4)5/h12-14,17,19H,6-11H2,1-5H3. The topological polar surface area (TPSA) is 61.8 Å². The third-order valence-corrected chi connectivity index (χ3v) is 3.72. The Morgan fingerprint density at radius 3 is 2.67 bits per heavy atom. The van der Waals surface area contributed by atoms with Crippen LogP contribution in [0.5, 0.6) is 0 Å². The molecule has 2 unspecified atom stereocenters. The highest BCUT2D eigenvalue weighted by molar-refractivity contribution is 5.68. The van der Waals surface area contributed by atoms with Gasteiger partial charge in [-0.2, -0.15) is 0 Å². The number of aliphatic hydroxyl groups is 1. The summed E-state index contributed by atoms with van der Waals surface area (Å²) < 4.78 is 5.42. The van der Waals surface area contributed by atoms with Crippen LogP contribution in [0.2, 0.25) is 0 Å². The molecule has 0 radical (unpaired) electrons. The predicted molar refractivity (Wildman–Crippen MR) is 84.3 cm³/mol. The van der Waals surface area contributed by atoms with Crippen LogP contribution >= 0.6 is 0 Å². The average molecular weight is 300 g/mol. The summed E-state index contributed by atoms with van der Waals surface area (Å²) in [6.45, 7) is 11.9. The Balaban J connectivity index is 2.33. The van der Waals surface area contributed by atoms with Crippen LogP contribution in [0.4, 0.5) is 4.79 Å². The minimum absolute atomic E-state index is 0.226. The van der Waals surface area contributed by atoms with Gasteiger partial charge in [-0.15, -0.1) is 0 Å². The van der Waals surface area contributed by atoms with E-state index >= 15 is 0 Å². The van der Waals surface area contributed by atoms with Gasteiger partial charge in [0.2, 0.25) is 0 Å². The molecule has 0 spiro atoms. The lowest BCUT2D eigenvalue weighted by Crippen LogP contribution is -2.49. The lowest BCUT2D eigenvalue weighted by molar-refractivity contribution is 0.0185. The molecule has 5 heteroatoms. The van der Waals surface area contributed by atoms with E-state index in [4.69, 9.17) is 4.74 Å². The molecule has 1 fully saturated rings. The summed E-state index contributed by atoms with van der Waals surface area (Å²) in [5.74, 6) is 0.288. The minimum Gasteiger partial charge on any atom is -0.444 e. The van der Waals surface area contributed by atoms with Crippen LogP contribution in [0, 0.1) is 5.92 Å². The molecule has 5 nitrogen and oxygen atoms in total. The predicted octanol–water partition coefficient (Wildman–Crippen LogP) is 2.38. The number of likely N-dealkylation sites (tertiary alicyclic amines) is 1. The van der Waals surface area contributed by atoms with Crippen molar-refractivity contribution in [1.82, 2.24) is 10.2 Å². The molecule has 0 aromatic carbocycles. The number of aliphatic hydroxyl groups excluding tert-OH is 1. The van der Waals surface area contributed by atoms with E-state index in [0.717, 1.165) is 32.4 Å². The third kappa shape index (κ3) is 7.14. The average Bonchev–Trinajstić information content (AvgIpc) is 2.36. The number of hydrogen-bond donors (Lipinski definition) is 2. The maximum Gasteiger partial charge on any atom is 0.410 e. The Bertz CT molecular complexity index is 326. The summed E-state index contributed by atoms with van der Waals surface area (Å²) in [6, 6.07) is 0.297. The van der Waals surface area contributed by atoms with Crippen LogP contribution < -0.4 is 5.32 Å². The zero-order chi connectivity index (χ0) is 16.0. The molecule has 0 bridgehead atoms. The molecular formula is C16H32N2O3. The molecule has 1 rings (SSSR count). The van der Waals surface area contributed by atoms with E-state index in [1.165, 1.54) is 0 Å². The fraction of sp³-hybridized carbons (Fsp3) is 0.938. The van der Waals surface area contributed by atoms with Gasteiger partial charge >= 0.3 is 6.09 Å². The molecule has 1 amide bonds. The molecule has 1 saturated heterocycles. The van der Waals surface area contributed by atoms with Gasteiger partial charge in [-0.05, 0) is 52.5 Å². The fourth-order valence-corrected chi connectivity index (χ4v) is 2.40. The number of nitrogens with zero attached hydrogens (tertiary/aromatic N) is 1. The fourth-order valence-electron chi connectivity index (χ4n) is 2.40. The van der Waals surface area contributed by atoms with Gasteiger partial charge in [0.1, 0.15) is 5.60 Å². The molecule has 21 heavy (non-hydrogen) atoms. The first-order valence-corrected chi connectivity index (χ1v) is 8.08. The van der Waals surface area contributed by atoms with Crippen LogP contribution in [0.1, 0.15) is 53.9 Å². The zero-order valence-electron chi connectivity index (χ0n) is 14.2. The van der Waals surface area contributed by atoms with Gasteiger partial charge in [-0.3, -0.25) is 0 Å². The van der Waals surface area contributed by atoms with Gasteiger partial charge in [0.15, 0.2) is 0 Å². The number of rotatable bonds is 5. The zero-order valence-corrected chi connectivity index (χ0v) is 14.2. The number of ether oxygens (including phenoxy) is 1. The van der Waals surface area contributed by atoms with Crippen molar-refractivity contribution >= 4 is 6.09 Å². The number of hydrogen-bond acceptors (Lipinski definition) is 4. The van der Waals surface area contributed by atoms with Gasteiger partial charge in [-0.25, -0.2) is 4.79 Å². The molecule has 0 aromatic heterocycles. The van der Waals surface area contributed by atoms with Crippen LogP contribution in [-0.2, 0) is 4.74 Å². The van der Waals surface area contributed by atoms with E-state index < -0.39 is 5.60 Å².